The second kappa shape index (κ2) is 4.73. The number of fused-ring (bicyclic) bond motifs is 1. The highest BCUT2D eigenvalue weighted by Gasteiger charge is 2.17. The van der Waals surface area contributed by atoms with Crippen molar-refractivity contribution in [2.75, 3.05) is 19.4 Å². The smallest absolute Gasteiger partial charge is 0.244 e. The number of aryl methyl sites for hydroxylation is 2. The first-order valence-electron chi connectivity index (χ1n) is 6.04. The first-order chi connectivity index (χ1) is 8.08. The predicted molar refractivity (Wildman–Crippen MR) is 68.0 cm³/mol. The van der Waals surface area contributed by atoms with Crippen molar-refractivity contribution in [2.24, 2.45) is 0 Å². The number of carbonyl (C=O) groups is 1. The molecule has 0 saturated carbocycles. The summed E-state index contributed by atoms with van der Waals surface area (Å²) in [7, 11) is 3.52. The fraction of sp³-hybridized carbons (Fsp3) is 0.538. The van der Waals surface area contributed by atoms with Crippen LogP contribution >= 0.6 is 0 Å². The zero-order valence-electron chi connectivity index (χ0n) is 10.7. The first-order valence-corrected chi connectivity index (χ1v) is 6.04. The third-order valence-electron chi connectivity index (χ3n) is 3.10. The number of pyridine rings is 1. The van der Waals surface area contributed by atoms with Crippen LogP contribution in [0.25, 0.3) is 0 Å². The summed E-state index contributed by atoms with van der Waals surface area (Å²) in [5.41, 5.74) is 2.53. The standard InChI is InChI=1S/C13H19N3O/c1-9(13(17)16(2)3)14-12-8-7-10-5-4-6-11(10)15-12/h7-9H,4-6H2,1-3H3,(H,14,15). The highest BCUT2D eigenvalue weighted by molar-refractivity contribution is 5.83. The Morgan fingerprint density at radius 1 is 1.41 bits per heavy atom. The molecule has 1 aliphatic rings. The Kier molecular flexibility index (Phi) is 3.31. The van der Waals surface area contributed by atoms with Gasteiger partial charge in [0.2, 0.25) is 5.91 Å². The summed E-state index contributed by atoms with van der Waals surface area (Å²) < 4.78 is 0. The van der Waals surface area contributed by atoms with E-state index in [9.17, 15) is 4.79 Å². The Balaban J connectivity index is 2.06. The van der Waals surface area contributed by atoms with Crippen molar-refractivity contribution in [1.82, 2.24) is 9.88 Å². The van der Waals surface area contributed by atoms with Crippen molar-refractivity contribution in [3.63, 3.8) is 0 Å². The highest BCUT2D eigenvalue weighted by atomic mass is 16.2. The number of amides is 1. The van der Waals surface area contributed by atoms with Gasteiger partial charge in [0.05, 0.1) is 0 Å². The lowest BCUT2D eigenvalue weighted by atomic mass is 10.2. The van der Waals surface area contributed by atoms with Crippen LogP contribution in [0.15, 0.2) is 12.1 Å². The molecule has 4 heteroatoms. The minimum absolute atomic E-state index is 0.0623. The molecule has 0 bridgehead atoms. The van der Waals surface area contributed by atoms with Gasteiger partial charge in [0.25, 0.3) is 0 Å². The first kappa shape index (κ1) is 11.9. The number of rotatable bonds is 3. The molecular formula is C13H19N3O. The van der Waals surface area contributed by atoms with Gasteiger partial charge >= 0.3 is 0 Å². The summed E-state index contributed by atoms with van der Waals surface area (Å²) >= 11 is 0. The zero-order valence-corrected chi connectivity index (χ0v) is 10.7. The molecule has 4 nitrogen and oxygen atoms in total. The summed E-state index contributed by atoms with van der Waals surface area (Å²) in [6, 6.07) is 3.84. The van der Waals surface area contributed by atoms with Gasteiger partial charge in [-0.1, -0.05) is 6.07 Å². The molecule has 0 spiro atoms. The average Bonchev–Trinajstić information content (AvgIpc) is 2.74. The maximum absolute atomic E-state index is 11.7. The van der Waals surface area contributed by atoms with Crippen LogP contribution < -0.4 is 5.32 Å². The Morgan fingerprint density at radius 2 is 2.18 bits per heavy atom. The molecule has 1 amide bonds. The molecule has 2 rings (SSSR count). The van der Waals surface area contributed by atoms with E-state index in [1.165, 1.54) is 17.7 Å². The predicted octanol–water partition coefficient (Wildman–Crippen LogP) is 1.46. The van der Waals surface area contributed by atoms with Gasteiger partial charge in [-0.15, -0.1) is 0 Å². The van der Waals surface area contributed by atoms with Gasteiger partial charge in [0.1, 0.15) is 11.9 Å². The van der Waals surface area contributed by atoms with Crippen LogP contribution in [-0.4, -0.2) is 35.9 Å². The lowest BCUT2D eigenvalue weighted by Gasteiger charge is -2.18. The van der Waals surface area contributed by atoms with Gasteiger partial charge in [-0.05, 0) is 37.8 Å². The van der Waals surface area contributed by atoms with Crippen molar-refractivity contribution in [3.8, 4) is 0 Å². The third kappa shape index (κ3) is 2.57. The Labute approximate surface area is 102 Å². The van der Waals surface area contributed by atoms with E-state index in [2.05, 4.69) is 16.4 Å². The molecule has 0 aromatic carbocycles. The lowest BCUT2D eigenvalue weighted by Crippen LogP contribution is -2.36. The van der Waals surface area contributed by atoms with Crippen LogP contribution in [0, 0.1) is 0 Å². The minimum Gasteiger partial charge on any atom is -0.359 e. The maximum atomic E-state index is 11.7. The van der Waals surface area contributed by atoms with Crippen LogP contribution in [0.3, 0.4) is 0 Å². The van der Waals surface area contributed by atoms with Crippen molar-refractivity contribution in [3.05, 3.63) is 23.4 Å². The van der Waals surface area contributed by atoms with Gasteiger partial charge in [0, 0.05) is 19.8 Å². The number of aromatic nitrogens is 1. The molecule has 1 aromatic heterocycles. The average molecular weight is 233 g/mol. The van der Waals surface area contributed by atoms with E-state index in [1.807, 2.05) is 13.0 Å². The van der Waals surface area contributed by atoms with E-state index in [-0.39, 0.29) is 11.9 Å². The molecule has 17 heavy (non-hydrogen) atoms. The number of carbonyl (C=O) groups excluding carboxylic acids is 1. The fourth-order valence-electron chi connectivity index (χ4n) is 2.17. The molecule has 1 aliphatic carbocycles. The molecule has 0 saturated heterocycles. The summed E-state index contributed by atoms with van der Waals surface area (Å²) in [5.74, 6) is 0.862. The monoisotopic (exact) mass is 233 g/mol. The molecular weight excluding hydrogens is 214 g/mol. The summed E-state index contributed by atoms with van der Waals surface area (Å²) in [6.07, 6.45) is 3.38. The number of anilines is 1. The van der Waals surface area contributed by atoms with E-state index >= 15 is 0 Å². The second-order valence-electron chi connectivity index (χ2n) is 4.75. The zero-order chi connectivity index (χ0) is 12.4. The molecule has 1 unspecified atom stereocenters. The largest absolute Gasteiger partial charge is 0.359 e. The molecule has 0 radical (unpaired) electrons. The van der Waals surface area contributed by atoms with Crippen LogP contribution in [0.2, 0.25) is 0 Å². The summed E-state index contributed by atoms with van der Waals surface area (Å²) in [6.45, 7) is 1.86. The van der Waals surface area contributed by atoms with E-state index < -0.39 is 0 Å². The molecule has 1 N–H and O–H groups in total. The minimum atomic E-state index is -0.239. The number of nitrogens with zero attached hydrogens (tertiary/aromatic N) is 2. The van der Waals surface area contributed by atoms with Crippen molar-refractivity contribution in [1.29, 1.82) is 0 Å². The van der Waals surface area contributed by atoms with E-state index in [0.717, 1.165) is 18.7 Å². The van der Waals surface area contributed by atoms with Crippen molar-refractivity contribution in [2.45, 2.75) is 32.2 Å². The molecule has 0 aliphatic heterocycles. The van der Waals surface area contributed by atoms with Gasteiger partial charge in [-0.2, -0.15) is 0 Å². The van der Waals surface area contributed by atoms with Crippen LogP contribution in [0.5, 0.6) is 0 Å². The van der Waals surface area contributed by atoms with Crippen LogP contribution in [0.1, 0.15) is 24.6 Å². The van der Waals surface area contributed by atoms with Crippen LogP contribution in [0.4, 0.5) is 5.82 Å². The normalized spacial score (nSPS) is 15.2. The van der Waals surface area contributed by atoms with Gasteiger partial charge in [0.15, 0.2) is 0 Å². The highest BCUT2D eigenvalue weighted by Crippen LogP contribution is 2.21. The second-order valence-corrected chi connectivity index (χ2v) is 4.75. The summed E-state index contributed by atoms with van der Waals surface area (Å²) in [4.78, 5) is 17.9. The van der Waals surface area contributed by atoms with Gasteiger partial charge < -0.3 is 10.2 Å². The molecule has 1 aromatic rings. The van der Waals surface area contributed by atoms with Gasteiger partial charge in [-0.25, -0.2) is 4.98 Å². The molecule has 92 valence electrons. The number of hydrogen-bond acceptors (Lipinski definition) is 3. The topological polar surface area (TPSA) is 45.2 Å². The van der Waals surface area contributed by atoms with Crippen molar-refractivity contribution >= 4 is 11.7 Å². The van der Waals surface area contributed by atoms with Crippen LogP contribution in [-0.2, 0) is 17.6 Å². The number of likely N-dealkylation sites (N-methyl/N-ethyl adjacent to an activating group) is 1. The van der Waals surface area contributed by atoms with E-state index in [0.29, 0.717) is 0 Å². The SMILES string of the molecule is CC(Nc1ccc2c(n1)CCC2)C(=O)N(C)C. The van der Waals surface area contributed by atoms with Crippen molar-refractivity contribution < 1.29 is 4.79 Å². The molecule has 0 fully saturated rings. The maximum Gasteiger partial charge on any atom is 0.244 e. The number of nitrogens with one attached hydrogen (secondary N) is 1. The molecule has 1 heterocycles. The Bertz CT molecular complexity index is 429. The summed E-state index contributed by atoms with van der Waals surface area (Å²) in [5, 5.41) is 3.15. The lowest BCUT2D eigenvalue weighted by molar-refractivity contribution is -0.129. The Hall–Kier alpha value is -1.58. The third-order valence-corrected chi connectivity index (χ3v) is 3.10. The Morgan fingerprint density at radius 3 is 2.88 bits per heavy atom. The quantitative estimate of drug-likeness (QED) is 0.859. The fourth-order valence-corrected chi connectivity index (χ4v) is 2.17. The van der Waals surface area contributed by atoms with Gasteiger partial charge in [-0.3, -0.25) is 4.79 Å². The van der Waals surface area contributed by atoms with E-state index in [4.69, 9.17) is 0 Å². The number of hydrogen-bond donors (Lipinski definition) is 1. The van der Waals surface area contributed by atoms with E-state index in [1.54, 1.807) is 19.0 Å². The molecule has 1 atom stereocenters.